The Balaban J connectivity index is 2.11. The van der Waals surface area contributed by atoms with Crippen molar-refractivity contribution in [3.05, 3.63) is 28.8 Å². The Morgan fingerprint density at radius 3 is 2.10 bits per heavy atom. The smallest absolute Gasteiger partial charge is 0.276 e. The van der Waals surface area contributed by atoms with Crippen molar-refractivity contribution in [2.45, 2.75) is 40.0 Å². The van der Waals surface area contributed by atoms with Crippen LogP contribution in [-0.2, 0) is 9.59 Å². The number of hydrogen-bond donors (Lipinski definition) is 1. The van der Waals surface area contributed by atoms with Crippen molar-refractivity contribution in [3.63, 3.8) is 0 Å². The van der Waals surface area contributed by atoms with Gasteiger partial charge in [0.2, 0.25) is 5.91 Å². The molecule has 5 nitrogen and oxygen atoms in total. The predicted molar refractivity (Wildman–Crippen MR) is 78.0 cm³/mol. The minimum Gasteiger partial charge on any atom is -0.276 e. The third-order valence-corrected chi connectivity index (χ3v) is 4.54. The third kappa shape index (κ3) is 1.80. The molecule has 21 heavy (non-hydrogen) atoms. The number of imide groups is 2. The van der Waals surface area contributed by atoms with Gasteiger partial charge in [0, 0.05) is 0 Å². The SMILES string of the molecule is Cc1cc(C)c(N2C(=O)NC(=O)C3(CCC3)C2=O)c(C)c1. The van der Waals surface area contributed by atoms with Crippen LogP contribution in [0, 0.1) is 26.2 Å². The van der Waals surface area contributed by atoms with Crippen molar-refractivity contribution < 1.29 is 14.4 Å². The van der Waals surface area contributed by atoms with Crippen molar-refractivity contribution >= 4 is 23.5 Å². The van der Waals surface area contributed by atoms with Crippen molar-refractivity contribution in [2.24, 2.45) is 5.41 Å². The number of amides is 4. The zero-order valence-corrected chi connectivity index (χ0v) is 12.4. The third-order valence-electron chi connectivity index (χ3n) is 4.54. The summed E-state index contributed by atoms with van der Waals surface area (Å²) in [6, 6.07) is 3.23. The second-order valence-electron chi connectivity index (χ2n) is 6.08. The lowest BCUT2D eigenvalue weighted by Gasteiger charge is -2.45. The number of carbonyl (C=O) groups excluding carboxylic acids is 3. The fourth-order valence-electron chi connectivity index (χ4n) is 3.38. The standard InChI is InChI=1S/C16H18N2O3/c1-9-7-10(2)12(11(3)8-9)18-14(20)16(5-4-6-16)13(19)17-15(18)21/h7-8H,4-6H2,1-3H3,(H,17,19,21). The number of benzene rings is 1. The van der Waals surface area contributed by atoms with E-state index < -0.39 is 17.4 Å². The normalized spacial score (nSPS) is 20.5. The van der Waals surface area contributed by atoms with E-state index in [-0.39, 0.29) is 5.91 Å². The Kier molecular flexibility index (Phi) is 2.90. The van der Waals surface area contributed by atoms with Crippen LogP contribution >= 0.6 is 0 Å². The first-order valence-electron chi connectivity index (χ1n) is 7.15. The topological polar surface area (TPSA) is 66.5 Å². The van der Waals surface area contributed by atoms with Crippen LogP contribution in [0.15, 0.2) is 12.1 Å². The number of carbonyl (C=O) groups is 3. The maximum Gasteiger partial charge on any atom is 0.335 e. The minimum absolute atomic E-state index is 0.377. The fourth-order valence-corrected chi connectivity index (χ4v) is 3.38. The highest BCUT2D eigenvalue weighted by Gasteiger charge is 2.57. The summed E-state index contributed by atoms with van der Waals surface area (Å²) in [5.41, 5.74) is 2.37. The molecule has 2 aliphatic rings. The summed E-state index contributed by atoms with van der Waals surface area (Å²) in [5, 5.41) is 2.35. The maximum absolute atomic E-state index is 12.8. The van der Waals surface area contributed by atoms with Gasteiger partial charge in [0.1, 0.15) is 5.41 Å². The van der Waals surface area contributed by atoms with Crippen molar-refractivity contribution in [3.8, 4) is 0 Å². The van der Waals surface area contributed by atoms with Gasteiger partial charge in [-0.05, 0) is 44.7 Å². The second-order valence-corrected chi connectivity index (χ2v) is 6.08. The lowest BCUT2D eigenvalue weighted by atomic mass is 9.66. The Labute approximate surface area is 123 Å². The van der Waals surface area contributed by atoms with Gasteiger partial charge in [-0.25, -0.2) is 9.69 Å². The number of aryl methyl sites for hydroxylation is 3. The van der Waals surface area contributed by atoms with E-state index >= 15 is 0 Å². The quantitative estimate of drug-likeness (QED) is 0.806. The van der Waals surface area contributed by atoms with Crippen molar-refractivity contribution in [1.29, 1.82) is 0 Å². The molecule has 1 heterocycles. The number of rotatable bonds is 1. The molecule has 1 aliphatic heterocycles. The first-order chi connectivity index (χ1) is 9.86. The van der Waals surface area contributed by atoms with E-state index in [0.29, 0.717) is 18.5 Å². The van der Waals surface area contributed by atoms with Gasteiger partial charge in [0.05, 0.1) is 5.69 Å². The maximum atomic E-state index is 12.8. The molecule has 1 saturated carbocycles. The molecule has 0 aromatic heterocycles. The number of barbiturate groups is 1. The number of anilines is 1. The van der Waals surface area contributed by atoms with Crippen LogP contribution < -0.4 is 10.2 Å². The largest absolute Gasteiger partial charge is 0.335 e. The molecule has 1 N–H and O–H groups in total. The molecular weight excluding hydrogens is 268 g/mol. The van der Waals surface area contributed by atoms with Crippen LogP contribution in [0.3, 0.4) is 0 Å². The van der Waals surface area contributed by atoms with Gasteiger partial charge in [-0.3, -0.25) is 14.9 Å². The average Bonchev–Trinajstić information content (AvgIpc) is 2.29. The monoisotopic (exact) mass is 286 g/mol. The molecule has 110 valence electrons. The number of nitrogens with zero attached hydrogens (tertiary/aromatic N) is 1. The Bertz CT molecular complexity index is 651. The summed E-state index contributed by atoms with van der Waals surface area (Å²) in [4.78, 5) is 38.2. The molecule has 1 saturated heterocycles. The zero-order chi connectivity index (χ0) is 15.4. The van der Waals surface area contributed by atoms with E-state index in [4.69, 9.17) is 0 Å². The number of hydrogen-bond acceptors (Lipinski definition) is 3. The van der Waals surface area contributed by atoms with E-state index in [1.165, 1.54) is 0 Å². The Hall–Kier alpha value is -2.17. The molecule has 0 radical (unpaired) electrons. The van der Waals surface area contributed by atoms with Crippen LogP contribution in [0.25, 0.3) is 0 Å². The van der Waals surface area contributed by atoms with Gasteiger partial charge in [-0.1, -0.05) is 24.1 Å². The molecule has 1 aromatic rings. The molecule has 1 aromatic carbocycles. The minimum atomic E-state index is -1.03. The van der Waals surface area contributed by atoms with Gasteiger partial charge in [0.15, 0.2) is 0 Å². The van der Waals surface area contributed by atoms with Crippen LogP contribution in [0.4, 0.5) is 10.5 Å². The van der Waals surface area contributed by atoms with E-state index in [2.05, 4.69) is 5.32 Å². The lowest BCUT2D eigenvalue weighted by Crippen LogP contribution is -2.66. The predicted octanol–water partition coefficient (Wildman–Crippen LogP) is 2.36. The molecule has 0 unspecified atom stereocenters. The van der Waals surface area contributed by atoms with Gasteiger partial charge < -0.3 is 0 Å². The molecular formula is C16H18N2O3. The Morgan fingerprint density at radius 1 is 1.05 bits per heavy atom. The molecule has 0 bridgehead atoms. The summed E-state index contributed by atoms with van der Waals surface area (Å²) >= 11 is 0. The molecule has 1 aliphatic carbocycles. The summed E-state index contributed by atoms with van der Waals surface area (Å²) in [6.07, 6.45) is 1.88. The molecule has 5 heteroatoms. The van der Waals surface area contributed by atoms with E-state index in [9.17, 15) is 14.4 Å². The molecule has 2 fully saturated rings. The fraction of sp³-hybridized carbons (Fsp3) is 0.438. The van der Waals surface area contributed by atoms with Crippen molar-refractivity contribution in [2.75, 3.05) is 4.90 Å². The molecule has 4 amide bonds. The Morgan fingerprint density at radius 2 is 1.62 bits per heavy atom. The van der Waals surface area contributed by atoms with Crippen molar-refractivity contribution in [1.82, 2.24) is 5.32 Å². The number of nitrogens with one attached hydrogen (secondary N) is 1. The van der Waals surface area contributed by atoms with E-state index in [0.717, 1.165) is 28.0 Å². The summed E-state index contributed by atoms with van der Waals surface area (Å²) < 4.78 is 0. The summed E-state index contributed by atoms with van der Waals surface area (Å²) in [6.45, 7) is 5.72. The van der Waals surface area contributed by atoms with E-state index in [1.54, 1.807) is 0 Å². The van der Waals surface area contributed by atoms with Crippen LogP contribution in [0.5, 0.6) is 0 Å². The van der Waals surface area contributed by atoms with Crippen LogP contribution in [-0.4, -0.2) is 17.8 Å². The zero-order valence-electron chi connectivity index (χ0n) is 12.4. The second kappa shape index (κ2) is 4.41. The lowest BCUT2D eigenvalue weighted by molar-refractivity contribution is -0.148. The number of urea groups is 1. The molecule has 3 rings (SSSR count). The molecule has 1 spiro atoms. The first kappa shape index (κ1) is 13.8. The first-order valence-corrected chi connectivity index (χ1v) is 7.15. The van der Waals surface area contributed by atoms with Crippen LogP contribution in [0.1, 0.15) is 36.0 Å². The molecule has 0 atom stereocenters. The summed E-state index contributed by atoms with van der Waals surface area (Å²) in [5.74, 6) is -0.819. The highest BCUT2D eigenvalue weighted by molar-refractivity contribution is 6.30. The summed E-state index contributed by atoms with van der Waals surface area (Å²) in [7, 11) is 0. The average molecular weight is 286 g/mol. The van der Waals surface area contributed by atoms with Crippen LogP contribution in [0.2, 0.25) is 0 Å². The highest BCUT2D eigenvalue weighted by Crippen LogP contribution is 2.46. The van der Waals surface area contributed by atoms with Gasteiger partial charge >= 0.3 is 6.03 Å². The highest BCUT2D eigenvalue weighted by atomic mass is 16.2. The van der Waals surface area contributed by atoms with Gasteiger partial charge in [-0.15, -0.1) is 0 Å². The van der Waals surface area contributed by atoms with E-state index in [1.807, 2.05) is 32.9 Å². The van der Waals surface area contributed by atoms with Gasteiger partial charge in [-0.2, -0.15) is 0 Å². The van der Waals surface area contributed by atoms with Gasteiger partial charge in [0.25, 0.3) is 5.91 Å².